The van der Waals surface area contributed by atoms with Crippen LogP contribution in [-0.2, 0) is 0 Å². The largest absolute Gasteiger partial charge is 0.389 e. The smallest absolute Gasteiger partial charge is 0.0768 e. The van der Waals surface area contributed by atoms with Gasteiger partial charge in [-0.3, -0.25) is 0 Å². The Bertz CT molecular complexity index is 188. The van der Waals surface area contributed by atoms with E-state index < -0.39 is 5.60 Å². The van der Waals surface area contributed by atoms with Crippen molar-refractivity contribution in [3.8, 4) is 0 Å². The first kappa shape index (κ1) is 14.9. The summed E-state index contributed by atoms with van der Waals surface area (Å²) in [4.78, 5) is 2.16. The number of nitrogens with zero attached hydrogens (tertiary/aromatic N) is 1. The van der Waals surface area contributed by atoms with Gasteiger partial charge in [0.15, 0.2) is 0 Å². The van der Waals surface area contributed by atoms with Gasteiger partial charge in [0.1, 0.15) is 0 Å². The van der Waals surface area contributed by atoms with Crippen molar-refractivity contribution in [2.75, 3.05) is 26.7 Å². The minimum absolute atomic E-state index is 0.113. The molecule has 0 aromatic carbocycles. The lowest BCUT2D eigenvalue weighted by Crippen LogP contribution is -2.46. The minimum Gasteiger partial charge on any atom is -0.389 e. The van der Waals surface area contributed by atoms with Crippen molar-refractivity contribution in [3.63, 3.8) is 0 Å². The molecule has 0 aromatic heterocycles. The zero-order valence-electron chi connectivity index (χ0n) is 11.2. The van der Waals surface area contributed by atoms with Crippen LogP contribution in [0.3, 0.4) is 0 Å². The second-order valence-corrected chi connectivity index (χ2v) is 6.05. The Morgan fingerprint density at radius 2 is 1.67 bits per heavy atom. The van der Waals surface area contributed by atoms with Crippen molar-refractivity contribution in [1.82, 2.24) is 4.90 Å². The highest BCUT2D eigenvalue weighted by molar-refractivity contribution is 4.82. The van der Waals surface area contributed by atoms with Crippen LogP contribution in [0.4, 0.5) is 0 Å². The van der Waals surface area contributed by atoms with Crippen LogP contribution in [0.15, 0.2) is 0 Å². The summed E-state index contributed by atoms with van der Waals surface area (Å²) in [5, 5.41) is 10.2. The Kier molecular flexibility index (Phi) is 5.24. The van der Waals surface area contributed by atoms with Crippen molar-refractivity contribution >= 4 is 0 Å². The summed E-state index contributed by atoms with van der Waals surface area (Å²) in [6.45, 7) is 12.5. The van der Waals surface area contributed by atoms with Gasteiger partial charge in [0.05, 0.1) is 5.60 Å². The van der Waals surface area contributed by atoms with Gasteiger partial charge in [-0.1, -0.05) is 27.7 Å². The third-order valence-electron chi connectivity index (χ3n) is 3.08. The van der Waals surface area contributed by atoms with Gasteiger partial charge in [-0.15, -0.1) is 0 Å². The summed E-state index contributed by atoms with van der Waals surface area (Å²) in [6.07, 6.45) is 0. The van der Waals surface area contributed by atoms with Gasteiger partial charge in [-0.2, -0.15) is 0 Å². The first-order valence-electron chi connectivity index (χ1n) is 5.72. The van der Waals surface area contributed by atoms with Crippen LogP contribution in [0.1, 0.15) is 34.6 Å². The highest BCUT2D eigenvalue weighted by Gasteiger charge is 2.28. The normalized spacial score (nSPS) is 17.2. The number of rotatable bonds is 6. The van der Waals surface area contributed by atoms with E-state index >= 15 is 0 Å². The van der Waals surface area contributed by atoms with Gasteiger partial charge in [-0.05, 0) is 31.8 Å². The van der Waals surface area contributed by atoms with E-state index in [4.69, 9.17) is 5.73 Å². The Balaban J connectivity index is 4.20. The van der Waals surface area contributed by atoms with Crippen LogP contribution >= 0.6 is 0 Å². The molecular formula is C12H28N2O. The SMILES string of the molecule is CC(C)C(C)(O)CN(C)CC(C)(C)CN. The molecule has 0 fully saturated rings. The van der Waals surface area contributed by atoms with Crippen LogP contribution in [0, 0.1) is 11.3 Å². The zero-order valence-corrected chi connectivity index (χ0v) is 11.2. The molecular weight excluding hydrogens is 188 g/mol. The van der Waals surface area contributed by atoms with E-state index in [1.165, 1.54) is 0 Å². The van der Waals surface area contributed by atoms with E-state index in [0.717, 1.165) is 6.54 Å². The fourth-order valence-corrected chi connectivity index (χ4v) is 1.58. The molecule has 0 radical (unpaired) electrons. The first-order chi connectivity index (χ1) is 6.60. The van der Waals surface area contributed by atoms with Crippen LogP contribution in [0.25, 0.3) is 0 Å². The van der Waals surface area contributed by atoms with E-state index in [-0.39, 0.29) is 11.3 Å². The van der Waals surface area contributed by atoms with Gasteiger partial charge in [0.25, 0.3) is 0 Å². The highest BCUT2D eigenvalue weighted by atomic mass is 16.3. The molecule has 0 rings (SSSR count). The molecule has 0 heterocycles. The molecule has 1 unspecified atom stereocenters. The summed E-state index contributed by atoms with van der Waals surface area (Å²) >= 11 is 0. The maximum absolute atomic E-state index is 10.2. The Morgan fingerprint density at radius 3 is 2.00 bits per heavy atom. The molecule has 3 N–H and O–H groups in total. The molecule has 3 heteroatoms. The van der Waals surface area contributed by atoms with E-state index in [9.17, 15) is 5.11 Å². The van der Waals surface area contributed by atoms with E-state index in [1.54, 1.807) is 0 Å². The molecule has 0 bridgehead atoms. The fourth-order valence-electron chi connectivity index (χ4n) is 1.58. The second-order valence-electron chi connectivity index (χ2n) is 6.05. The van der Waals surface area contributed by atoms with Crippen LogP contribution in [0.5, 0.6) is 0 Å². The predicted octanol–water partition coefficient (Wildman–Crippen LogP) is 1.31. The lowest BCUT2D eigenvalue weighted by Gasteiger charge is -2.36. The Labute approximate surface area is 94.6 Å². The van der Waals surface area contributed by atoms with Crippen molar-refractivity contribution in [3.05, 3.63) is 0 Å². The number of likely N-dealkylation sites (N-methyl/N-ethyl adjacent to an activating group) is 1. The summed E-state index contributed by atoms with van der Waals surface area (Å²) in [7, 11) is 2.04. The summed E-state index contributed by atoms with van der Waals surface area (Å²) < 4.78 is 0. The molecule has 0 saturated heterocycles. The van der Waals surface area contributed by atoms with Crippen molar-refractivity contribution < 1.29 is 5.11 Å². The van der Waals surface area contributed by atoms with Crippen LogP contribution in [0.2, 0.25) is 0 Å². The summed E-state index contributed by atoms with van der Waals surface area (Å²) in [6, 6.07) is 0. The number of aliphatic hydroxyl groups is 1. The third kappa shape index (κ3) is 5.50. The maximum atomic E-state index is 10.2. The molecule has 0 aliphatic carbocycles. The van der Waals surface area contributed by atoms with E-state index in [1.807, 2.05) is 27.8 Å². The monoisotopic (exact) mass is 216 g/mol. The van der Waals surface area contributed by atoms with E-state index in [2.05, 4.69) is 18.7 Å². The highest BCUT2D eigenvalue weighted by Crippen LogP contribution is 2.20. The molecule has 0 spiro atoms. The Morgan fingerprint density at radius 1 is 1.20 bits per heavy atom. The average Bonchev–Trinajstić information content (AvgIpc) is 2.01. The molecule has 3 nitrogen and oxygen atoms in total. The Hall–Kier alpha value is -0.120. The van der Waals surface area contributed by atoms with Gasteiger partial charge in [0.2, 0.25) is 0 Å². The second kappa shape index (κ2) is 5.28. The number of nitrogens with two attached hydrogens (primary N) is 1. The number of hydrogen-bond donors (Lipinski definition) is 2. The molecule has 92 valence electrons. The molecule has 0 aliphatic rings. The summed E-state index contributed by atoms with van der Waals surface area (Å²) in [5.41, 5.74) is 5.18. The molecule has 1 atom stereocenters. The molecule has 0 saturated carbocycles. The minimum atomic E-state index is -0.626. The lowest BCUT2D eigenvalue weighted by molar-refractivity contribution is -0.0188. The van der Waals surface area contributed by atoms with Gasteiger partial charge in [0, 0.05) is 13.1 Å². The third-order valence-corrected chi connectivity index (χ3v) is 3.08. The van der Waals surface area contributed by atoms with Crippen molar-refractivity contribution in [1.29, 1.82) is 0 Å². The van der Waals surface area contributed by atoms with Crippen molar-refractivity contribution in [2.24, 2.45) is 17.1 Å². The van der Waals surface area contributed by atoms with Crippen LogP contribution < -0.4 is 5.73 Å². The topological polar surface area (TPSA) is 49.5 Å². The standard InChI is InChI=1S/C12H28N2O/c1-10(2)12(5,15)9-14(6)8-11(3,4)7-13/h10,15H,7-9,13H2,1-6H3. The van der Waals surface area contributed by atoms with Crippen molar-refractivity contribution in [2.45, 2.75) is 40.2 Å². The van der Waals surface area contributed by atoms with E-state index in [0.29, 0.717) is 13.1 Å². The maximum Gasteiger partial charge on any atom is 0.0768 e. The molecule has 0 aliphatic heterocycles. The fraction of sp³-hybridized carbons (Fsp3) is 1.00. The van der Waals surface area contributed by atoms with Gasteiger partial charge < -0.3 is 15.7 Å². The summed E-state index contributed by atoms with van der Waals surface area (Å²) in [5.74, 6) is 0.265. The van der Waals surface area contributed by atoms with Crippen LogP contribution in [-0.4, -0.2) is 42.3 Å². The first-order valence-corrected chi connectivity index (χ1v) is 5.72. The predicted molar refractivity (Wildman–Crippen MR) is 65.8 cm³/mol. The average molecular weight is 216 g/mol. The quantitative estimate of drug-likeness (QED) is 0.704. The molecule has 15 heavy (non-hydrogen) atoms. The zero-order chi connectivity index (χ0) is 12.3. The molecule has 0 aromatic rings. The van der Waals surface area contributed by atoms with Gasteiger partial charge >= 0.3 is 0 Å². The number of hydrogen-bond acceptors (Lipinski definition) is 3. The molecule has 0 amide bonds. The van der Waals surface area contributed by atoms with Gasteiger partial charge in [-0.25, -0.2) is 0 Å². The lowest BCUT2D eigenvalue weighted by atomic mass is 9.89.